The second-order valence-electron chi connectivity index (χ2n) is 6.00. The molecule has 0 aromatic heterocycles. The number of fused-ring (bicyclic) bond motifs is 3. The highest BCUT2D eigenvalue weighted by atomic mass is 16.7. The molecule has 2 heteroatoms. The zero-order valence-electron chi connectivity index (χ0n) is 9.87. The topological polar surface area (TPSA) is 18.5 Å². The first-order valence-corrected chi connectivity index (χ1v) is 6.49. The summed E-state index contributed by atoms with van der Waals surface area (Å²) < 4.78 is 12.0. The standard InChI is InChI=1S/C13H22O2/c1-9(2)12-14-6-5-13(15-12)8-10-3-4-11(13)7-10/h9-12H,3-8H2,1-2H3. The van der Waals surface area contributed by atoms with Gasteiger partial charge in [-0.1, -0.05) is 13.8 Å². The van der Waals surface area contributed by atoms with Crippen molar-refractivity contribution in [1.29, 1.82) is 0 Å². The molecule has 0 aromatic rings. The Morgan fingerprint density at radius 2 is 2.13 bits per heavy atom. The molecule has 3 aliphatic rings. The molecule has 2 saturated carbocycles. The predicted octanol–water partition coefficient (Wildman–Crippen LogP) is 2.96. The molecular weight excluding hydrogens is 188 g/mol. The minimum absolute atomic E-state index is 0.0538. The van der Waals surface area contributed by atoms with E-state index in [-0.39, 0.29) is 11.9 Å². The summed E-state index contributed by atoms with van der Waals surface area (Å²) >= 11 is 0. The van der Waals surface area contributed by atoms with E-state index in [1.165, 1.54) is 25.7 Å². The van der Waals surface area contributed by atoms with Crippen molar-refractivity contribution in [3.63, 3.8) is 0 Å². The third-order valence-electron chi connectivity index (χ3n) is 4.62. The lowest BCUT2D eigenvalue weighted by Crippen LogP contribution is -2.48. The fourth-order valence-electron chi connectivity index (χ4n) is 3.84. The van der Waals surface area contributed by atoms with Crippen LogP contribution in [-0.4, -0.2) is 18.5 Å². The molecule has 86 valence electrons. The molecule has 4 unspecified atom stereocenters. The van der Waals surface area contributed by atoms with E-state index in [0.717, 1.165) is 24.9 Å². The minimum Gasteiger partial charge on any atom is -0.352 e. The summed E-state index contributed by atoms with van der Waals surface area (Å²) in [6.07, 6.45) is 6.77. The molecule has 2 nitrogen and oxygen atoms in total. The van der Waals surface area contributed by atoms with Crippen LogP contribution in [-0.2, 0) is 9.47 Å². The van der Waals surface area contributed by atoms with Gasteiger partial charge in [-0.2, -0.15) is 0 Å². The molecule has 1 saturated heterocycles. The van der Waals surface area contributed by atoms with Gasteiger partial charge in [0.2, 0.25) is 0 Å². The molecule has 0 amide bonds. The van der Waals surface area contributed by atoms with Crippen molar-refractivity contribution in [1.82, 2.24) is 0 Å². The molecule has 2 aliphatic carbocycles. The first kappa shape index (κ1) is 10.1. The van der Waals surface area contributed by atoms with Crippen LogP contribution in [0.25, 0.3) is 0 Å². The van der Waals surface area contributed by atoms with Gasteiger partial charge in [-0.15, -0.1) is 0 Å². The van der Waals surface area contributed by atoms with E-state index >= 15 is 0 Å². The predicted molar refractivity (Wildman–Crippen MR) is 58.5 cm³/mol. The average Bonchev–Trinajstić information content (AvgIpc) is 2.77. The Hall–Kier alpha value is -0.0800. The first-order chi connectivity index (χ1) is 7.20. The maximum absolute atomic E-state index is 6.31. The Bertz CT molecular complexity index is 251. The quantitative estimate of drug-likeness (QED) is 0.662. The van der Waals surface area contributed by atoms with Gasteiger partial charge >= 0.3 is 0 Å². The van der Waals surface area contributed by atoms with Crippen molar-refractivity contribution in [2.45, 2.75) is 57.8 Å². The molecule has 1 spiro atoms. The van der Waals surface area contributed by atoms with Crippen LogP contribution >= 0.6 is 0 Å². The van der Waals surface area contributed by atoms with Crippen molar-refractivity contribution in [3.05, 3.63) is 0 Å². The summed E-state index contributed by atoms with van der Waals surface area (Å²) in [5.41, 5.74) is 0.218. The van der Waals surface area contributed by atoms with E-state index in [1.54, 1.807) is 0 Å². The van der Waals surface area contributed by atoms with Crippen LogP contribution < -0.4 is 0 Å². The highest BCUT2D eigenvalue weighted by molar-refractivity contribution is 5.03. The molecule has 1 aliphatic heterocycles. The summed E-state index contributed by atoms with van der Waals surface area (Å²) in [5, 5.41) is 0. The Balaban J connectivity index is 1.76. The van der Waals surface area contributed by atoms with Crippen molar-refractivity contribution in [2.24, 2.45) is 17.8 Å². The zero-order valence-corrected chi connectivity index (χ0v) is 9.87. The smallest absolute Gasteiger partial charge is 0.160 e. The lowest BCUT2D eigenvalue weighted by Gasteiger charge is -2.45. The number of rotatable bonds is 1. The molecule has 3 fully saturated rings. The van der Waals surface area contributed by atoms with Crippen molar-refractivity contribution in [2.75, 3.05) is 6.61 Å². The van der Waals surface area contributed by atoms with Gasteiger partial charge < -0.3 is 9.47 Å². The third-order valence-corrected chi connectivity index (χ3v) is 4.62. The first-order valence-electron chi connectivity index (χ1n) is 6.49. The van der Waals surface area contributed by atoms with Crippen LogP contribution in [0.15, 0.2) is 0 Å². The van der Waals surface area contributed by atoms with Crippen molar-refractivity contribution >= 4 is 0 Å². The van der Waals surface area contributed by atoms with Crippen LogP contribution in [0.2, 0.25) is 0 Å². The Labute approximate surface area is 92.3 Å². The fourth-order valence-corrected chi connectivity index (χ4v) is 3.84. The molecule has 0 radical (unpaired) electrons. The van der Waals surface area contributed by atoms with Gasteiger partial charge in [0.05, 0.1) is 12.2 Å². The largest absolute Gasteiger partial charge is 0.352 e. The molecule has 0 N–H and O–H groups in total. The van der Waals surface area contributed by atoms with Gasteiger partial charge in [-0.25, -0.2) is 0 Å². The van der Waals surface area contributed by atoms with Gasteiger partial charge in [-0.3, -0.25) is 0 Å². The van der Waals surface area contributed by atoms with Crippen LogP contribution in [0.4, 0.5) is 0 Å². The molecule has 1 heterocycles. The van der Waals surface area contributed by atoms with Crippen LogP contribution in [0.5, 0.6) is 0 Å². The summed E-state index contributed by atoms with van der Waals surface area (Å²) in [7, 11) is 0. The third kappa shape index (κ3) is 1.53. The van der Waals surface area contributed by atoms with Crippen LogP contribution in [0.3, 0.4) is 0 Å². The maximum atomic E-state index is 6.31. The number of hydrogen-bond donors (Lipinski definition) is 0. The second-order valence-corrected chi connectivity index (χ2v) is 6.00. The summed E-state index contributed by atoms with van der Waals surface area (Å²) in [5.74, 6) is 2.29. The van der Waals surface area contributed by atoms with Crippen LogP contribution in [0.1, 0.15) is 46.0 Å². The Morgan fingerprint density at radius 1 is 1.27 bits per heavy atom. The monoisotopic (exact) mass is 210 g/mol. The van der Waals surface area contributed by atoms with Gasteiger partial charge in [0.15, 0.2) is 6.29 Å². The molecule has 2 bridgehead atoms. The molecule has 4 atom stereocenters. The van der Waals surface area contributed by atoms with Gasteiger partial charge in [0.25, 0.3) is 0 Å². The summed E-state index contributed by atoms with van der Waals surface area (Å²) in [6.45, 7) is 5.29. The molecular formula is C13H22O2. The minimum atomic E-state index is 0.0538. The lowest BCUT2D eigenvalue weighted by molar-refractivity contribution is -0.284. The number of hydrogen-bond acceptors (Lipinski definition) is 2. The van der Waals surface area contributed by atoms with Crippen molar-refractivity contribution in [3.8, 4) is 0 Å². The van der Waals surface area contributed by atoms with Gasteiger partial charge in [-0.05, 0) is 37.5 Å². The molecule has 3 rings (SSSR count). The van der Waals surface area contributed by atoms with Gasteiger partial charge in [0, 0.05) is 12.3 Å². The van der Waals surface area contributed by atoms with E-state index < -0.39 is 0 Å². The van der Waals surface area contributed by atoms with Gasteiger partial charge in [0.1, 0.15) is 0 Å². The summed E-state index contributed by atoms with van der Waals surface area (Å²) in [4.78, 5) is 0. The molecule has 0 aromatic carbocycles. The number of ether oxygens (including phenoxy) is 2. The second kappa shape index (κ2) is 3.46. The Kier molecular flexibility index (Phi) is 2.33. The zero-order chi connectivity index (χ0) is 10.5. The fraction of sp³-hybridized carbons (Fsp3) is 1.00. The van der Waals surface area contributed by atoms with E-state index in [9.17, 15) is 0 Å². The van der Waals surface area contributed by atoms with Crippen LogP contribution in [0, 0.1) is 17.8 Å². The molecule has 15 heavy (non-hydrogen) atoms. The maximum Gasteiger partial charge on any atom is 0.160 e. The SMILES string of the molecule is CC(C)C1OCCC2(CC3CCC2C3)O1. The highest BCUT2D eigenvalue weighted by Gasteiger charge is 2.54. The lowest BCUT2D eigenvalue weighted by atomic mass is 9.81. The normalized spacial score (nSPS) is 49.4. The average molecular weight is 210 g/mol. The highest BCUT2D eigenvalue weighted by Crippen LogP contribution is 2.55. The van der Waals surface area contributed by atoms with E-state index in [1.807, 2.05) is 0 Å². The van der Waals surface area contributed by atoms with E-state index in [2.05, 4.69) is 13.8 Å². The summed E-state index contributed by atoms with van der Waals surface area (Å²) in [6, 6.07) is 0. The Morgan fingerprint density at radius 3 is 2.73 bits per heavy atom. The van der Waals surface area contributed by atoms with Crippen molar-refractivity contribution < 1.29 is 9.47 Å². The van der Waals surface area contributed by atoms with E-state index in [4.69, 9.17) is 9.47 Å². The van der Waals surface area contributed by atoms with E-state index in [0.29, 0.717) is 5.92 Å².